The lowest BCUT2D eigenvalue weighted by Gasteiger charge is -2.26. The Labute approximate surface area is 150 Å². The largest absolute Gasteiger partial charge is 0.465 e. The molecule has 1 aromatic rings. The van der Waals surface area contributed by atoms with Gasteiger partial charge in [0.15, 0.2) is 0 Å². The molecule has 0 bridgehead atoms. The lowest BCUT2D eigenvalue weighted by atomic mass is 10.2. The monoisotopic (exact) mass is 368 g/mol. The van der Waals surface area contributed by atoms with Crippen LogP contribution in [-0.2, 0) is 10.0 Å². The Morgan fingerprint density at radius 3 is 2.04 bits per heavy atom. The third-order valence-corrected chi connectivity index (χ3v) is 6.51. The predicted octanol–water partition coefficient (Wildman–Crippen LogP) is 3.92. The van der Waals surface area contributed by atoms with Crippen molar-refractivity contribution in [3.8, 4) is 0 Å². The van der Waals surface area contributed by atoms with Gasteiger partial charge >= 0.3 is 6.09 Å². The van der Waals surface area contributed by atoms with Crippen LogP contribution in [-0.4, -0.2) is 43.1 Å². The van der Waals surface area contributed by atoms with Gasteiger partial charge in [-0.05, 0) is 49.9 Å². The van der Waals surface area contributed by atoms with E-state index in [9.17, 15) is 18.3 Å². The number of anilines is 1. The van der Waals surface area contributed by atoms with Crippen LogP contribution in [0.2, 0.25) is 0 Å². The van der Waals surface area contributed by atoms with Gasteiger partial charge in [0, 0.05) is 24.8 Å². The smallest absolute Gasteiger partial charge is 0.412 e. The van der Waals surface area contributed by atoms with Crippen LogP contribution < -0.4 is 4.90 Å². The molecule has 6 nitrogen and oxygen atoms in total. The van der Waals surface area contributed by atoms with Crippen molar-refractivity contribution in [2.45, 2.75) is 63.3 Å². The van der Waals surface area contributed by atoms with Crippen molar-refractivity contribution in [2.24, 2.45) is 0 Å². The van der Waals surface area contributed by atoms with Gasteiger partial charge in [0.25, 0.3) is 0 Å². The molecule has 2 rings (SSSR count). The molecular weight excluding hydrogens is 340 g/mol. The van der Waals surface area contributed by atoms with Crippen molar-refractivity contribution in [2.75, 3.05) is 18.0 Å². The number of hydrogen-bond acceptors (Lipinski definition) is 3. The average Bonchev–Trinajstić information content (AvgIpc) is 3.09. The zero-order chi connectivity index (χ0) is 18.4. The first-order valence-corrected chi connectivity index (χ1v) is 10.5. The Hall–Kier alpha value is -1.60. The molecule has 1 aliphatic carbocycles. The van der Waals surface area contributed by atoms with Crippen LogP contribution in [0.15, 0.2) is 29.2 Å². The molecule has 1 N–H and O–H groups in total. The van der Waals surface area contributed by atoms with Crippen molar-refractivity contribution >= 4 is 21.8 Å². The van der Waals surface area contributed by atoms with E-state index in [1.165, 1.54) is 21.3 Å². The van der Waals surface area contributed by atoms with Gasteiger partial charge in [0.2, 0.25) is 10.0 Å². The van der Waals surface area contributed by atoms with Gasteiger partial charge in [0.1, 0.15) is 0 Å². The van der Waals surface area contributed by atoms with E-state index in [1.807, 2.05) is 13.8 Å². The summed E-state index contributed by atoms with van der Waals surface area (Å²) in [7, 11) is -3.54. The molecule has 0 aliphatic heterocycles. The molecule has 1 saturated carbocycles. The third kappa shape index (κ3) is 4.52. The van der Waals surface area contributed by atoms with Crippen LogP contribution in [0, 0.1) is 0 Å². The normalized spacial score (nSPS) is 15.6. The second kappa shape index (κ2) is 8.67. The van der Waals surface area contributed by atoms with Crippen LogP contribution in [0.25, 0.3) is 0 Å². The van der Waals surface area contributed by atoms with E-state index in [1.54, 1.807) is 12.1 Å². The number of sulfonamides is 1. The molecule has 1 fully saturated rings. The molecule has 140 valence electrons. The summed E-state index contributed by atoms with van der Waals surface area (Å²) in [5, 5.41) is 9.54. The van der Waals surface area contributed by atoms with Crippen LogP contribution in [0.3, 0.4) is 0 Å². The number of carbonyl (C=O) groups is 1. The van der Waals surface area contributed by atoms with Gasteiger partial charge in [-0.3, -0.25) is 4.90 Å². The third-order valence-electron chi connectivity index (χ3n) is 4.59. The molecule has 0 saturated heterocycles. The number of hydrogen-bond donors (Lipinski definition) is 1. The fourth-order valence-corrected chi connectivity index (χ4v) is 5.04. The van der Waals surface area contributed by atoms with Gasteiger partial charge in [0.05, 0.1) is 4.90 Å². The topological polar surface area (TPSA) is 77.9 Å². The summed E-state index contributed by atoms with van der Waals surface area (Å²) in [6.45, 7) is 4.88. The van der Waals surface area contributed by atoms with Crippen molar-refractivity contribution in [3.63, 3.8) is 0 Å². The summed E-state index contributed by atoms with van der Waals surface area (Å²) in [4.78, 5) is 13.2. The Morgan fingerprint density at radius 1 is 1.08 bits per heavy atom. The van der Waals surface area contributed by atoms with Crippen molar-refractivity contribution in [1.82, 2.24) is 4.31 Å². The highest BCUT2D eigenvalue weighted by molar-refractivity contribution is 7.89. The Balaban J connectivity index is 2.26. The standard InChI is InChI=1S/C18H28N2O4S/c1-3-13-19(14-4-2)25(23,24)17-11-9-16(10-12-17)20(18(21)22)15-7-5-6-8-15/h9-12,15H,3-8,13-14H2,1-2H3,(H,21,22). The van der Waals surface area contributed by atoms with E-state index in [-0.39, 0.29) is 10.9 Å². The highest BCUT2D eigenvalue weighted by Crippen LogP contribution is 2.29. The second-order valence-corrected chi connectivity index (χ2v) is 8.43. The van der Waals surface area contributed by atoms with Gasteiger partial charge in [-0.2, -0.15) is 4.31 Å². The SMILES string of the molecule is CCCN(CCC)S(=O)(=O)c1ccc(N(C(=O)O)C2CCCC2)cc1. The minimum atomic E-state index is -3.54. The highest BCUT2D eigenvalue weighted by Gasteiger charge is 2.29. The Bertz CT molecular complexity index is 661. The fraction of sp³-hybridized carbons (Fsp3) is 0.611. The number of amides is 1. The number of carboxylic acid groups (broad SMARTS) is 1. The van der Waals surface area contributed by atoms with Gasteiger partial charge < -0.3 is 5.11 Å². The first-order chi connectivity index (χ1) is 11.9. The molecule has 1 amide bonds. The van der Waals surface area contributed by atoms with E-state index >= 15 is 0 Å². The summed E-state index contributed by atoms with van der Waals surface area (Å²) in [5.74, 6) is 0. The molecule has 25 heavy (non-hydrogen) atoms. The number of rotatable bonds is 8. The van der Waals surface area contributed by atoms with Gasteiger partial charge in [-0.25, -0.2) is 13.2 Å². The number of benzene rings is 1. The molecular formula is C18H28N2O4S. The highest BCUT2D eigenvalue weighted by atomic mass is 32.2. The van der Waals surface area contributed by atoms with Crippen LogP contribution in [0.1, 0.15) is 52.4 Å². The summed E-state index contributed by atoms with van der Waals surface area (Å²) in [6.07, 6.45) is 4.30. The van der Waals surface area contributed by atoms with E-state index in [2.05, 4.69) is 0 Å². The molecule has 0 spiro atoms. The van der Waals surface area contributed by atoms with E-state index < -0.39 is 16.1 Å². The fourth-order valence-electron chi connectivity index (χ4n) is 3.42. The summed E-state index contributed by atoms with van der Waals surface area (Å²) in [5.41, 5.74) is 0.538. The maximum absolute atomic E-state index is 12.8. The first kappa shape index (κ1) is 19.7. The van der Waals surface area contributed by atoms with Crippen LogP contribution in [0.5, 0.6) is 0 Å². The lowest BCUT2D eigenvalue weighted by molar-refractivity contribution is 0.199. The Morgan fingerprint density at radius 2 is 1.60 bits per heavy atom. The van der Waals surface area contributed by atoms with Crippen molar-refractivity contribution < 1.29 is 18.3 Å². The maximum Gasteiger partial charge on any atom is 0.412 e. The zero-order valence-electron chi connectivity index (χ0n) is 15.0. The minimum absolute atomic E-state index is 0.0170. The molecule has 0 aromatic heterocycles. The molecule has 0 heterocycles. The average molecular weight is 368 g/mol. The second-order valence-electron chi connectivity index (χ2n) is 6.49. The first-order valence-electron chi connectivity index (χ1n) is 9.04. The molecule has 1 aliphatic rings. The molecule has 1 aromatic carbocycles. The summed E-state index contributed by atoms with van der Waals surface area (Å²) >= 11 is 0. The lowest BCUT2D eigenvalue weighted by Crippen LogP contribution is -2.38. The van der Waals surface area contributed by atoms with Crippen LogP contribution in [0.4, 0.5) is 10.5 Å². The van der Waals surface area contributed by atoms with E-state index in [0.29, 0.717) is 18.8 Å². The Kier molecular flexibility index (Phi) is 6.84. The summed E-state index contributed by atoms with van der Waals surface area (Å²) in [6, 6.07) is 6.24. The van der Waals surface area contributed by atoms with Gasteiger partial charge in [-0.1, -0.05) is 26.7 Å². The quantitative estimate of drug-likeness (QED) is 0.754. The molecule has 0 atom stereocenters. The van der Waals surface area contributed by atoms with Crippen molar-refractivity contribution in [1.29, 1.82) is 0 Å². The van der Waals surface area contributed by atoms with Crippen molar-refractivity contribution in [3.05, 3.63) is 24.3 Å². The maximum atomic E-state index is 12.8. The van der Waals surface area contributed by atoms with Gasteiger partial charge in [-0.15, -0.1) is 0 Å². The van der Waals surface area contributed by atoms with E-state index in [4.69, 9.17) is 0 Å². The van der Waals surface area contributed by atoms with Crippen LogP contribution >= 0.6 is 0 Å². The number of nitrogens with zero attached hydrogens (tertiary/aromatic N) is 2. The molecule has 0 unspecified atom stereocenters. The van der Waals surface area contributed by atoms with E-state index in [0.717, 1.165) is 38.5 Å². The zero-order valence-corrected chi connectivity index (χ0v) is 15.8. The minimum Gasteiger partial charge on any atom is -0.465 e. The summed E-state index contributed by atoms with van der Waals surface area (Å²) < 4.78 is 27.1. The molecule has 0 radical (unpaired) electrons. The predicted molar refractivity (Wildman–Crippen MR) is 98.5 cm³/mol. The molecule has 7 heteroatoms.